The van der Waals surface area contributed by atoms with Crippen LogP contribution in [0.15, 0.2) is 96.1 Å². The summed E-state index contributed by atoms with van der Waals surface area (Å²) in [4.78, 5) is 25.0. The number of carbonyl (C=O) groups excluding carboxylic acids is 2. The highest BCUT2D eigenvalue weighted by Gasteiger charge is 2.14. The lowest BCUT2D eigenvalue weighted by Crippen LogP contribution is -2.17. The first-order valence-corrected chi connectivity index (χ1v) is 9.81. The molecule has 0 fully saturated rings. The lowest BCUT2D eigenvalue weighted by atomic mass is 10.0. The molecule has 4 aromatic carbocycles. The maximum absolute atomic E-state index is 12.7. The third-order valence-corrected chi connectivity index (χ3v) is 4.78. The zero-order valence-corrected chi connectivity index (χ0v) is 16.9. The number of fused-ring (bicyclic) bond motifs is 1. The zero-order valence-electron chi connectivity index (χ0n) is 16.9. The Bertz CT molecular complexity index is 1280. The third-order valence-electron chi connectivity index (χ3n) is 4.78. The van der Waals surface area contributed by atoms with Crippen LogP contribution < -0.4 is 10.2 Å². The molecule has 0 atom stereocenters. The van der Waals surface area contributed by atoms with Crippen molar-refractivity contribution in [1.82, 2.24) is 5.43 Å². The second-order valence-electron chi connectivity index (χ2n) is 7.02. The molecule has 4 aromatic rings. The Labute approximate surface area is 180 Å². The molecule has 0 bridgehead atoms. The average molecular weight is 408 g/mol. The molecule has 5 heteroatoms. The van der Waals surface area contributed by atoms with Crippen LogP contribution in [0, 0.1) is 6.92 Å². The van der Waals surface area contributed by atoms with Crippen molar-refractivity contribution in [2.24, 2.45) is 5.10 Å². The summed E-state index contributed by atoms with van der Waals surface area (Å²) in [7, 11) is 0. The maximum atomic E-state index is 12.7. The number of esters is 1. The van der Waals surface area contributed by atoms with Gasteiger partial charge in [0.05, 0.1) is 11.8 Å². The lowest BCUT2D eigenvalue weighted by Gasteiger charge is -2.11. The van der Waals surface area contributed by atoms with Gasteiger partial charge in [-0.05, 0) is 48.0 Å². The van der Waals surface area contributed by atoms with Crippen molar-refractivity contribution < 1.29 is 14.3 Å². The molecule has 0 saturated heterocycles. The number of ether oxygens (including phenoxy) is 1. The third kappa shape index (κ3) is 4.67. The topological polar surface area (TPSA) is 67.8 Å². The van der Waals surface area contributed by atoms with Gasteiger partial charge in [0.1, 0.15) is 5.75 Å². The van der Waals surface area contributed by atoms with Gasteiger partial charge < -0.3 is 4.74 Å². The largest absolute Gasteiger partial charge is 0.422 e. The SMILES string of the molecule is Cc1cccc(C(=O)Oc2ccc3ccccc3c2/C=N\NC(=O)c2ccccc2)c1. The molecule has 0 aromatic heterocycles. The van der Waals surface area contributed by atoms with E-state index in [0.717, 1.165) is 16.3 Å². The van der Waals surface area contributed by atoms with Gasteiger partial charge in [0.25, 0.3) is 5.91 Å². The van der Waals surface area contributed by atoms with Crippen molar-refractivity contribution >= 4 is 28.9 Å². The number of nitrogens with zero attached hydrogens (tertiary/aromatic N) is 1. The van der Waals surface area contributed by atoms with E-state index in [1.807, 2.05) is 55.5 Å². The molecule has 0 aliphatic carbocycles. The smallest absolute Gasteiger partial charge is 0.343 e. The first kappa shape index (κ1) is 20.0. The Hall–Kier alpha value is -4.25. The standard InChI is InChI=1S/C26H20N2O3/c1-18-8-7-12-21(16-18)26(30)31-24-15-14-19-9-5-6-13-22(19)23(24)17-27-28-25(29)20-10-3-2-4-11-20/h2-17H,1H3,(H,28,29)/b27-17-. The summed E-state index contributed by atoms with van der Waals surface area (Å²) in [5.41, 5.74) is 5.07. The average Bonchev–Trinajstić information content (AvgIpc) is 2.80. The quantitative estimate of drug-likeness (QED) is 0.215. The van der Waals surface area contributed by atoms with Gasteiger partial charge >= 0.3 is 5.97 Å². The molecule has 0 radical (unpaired) electrons. The molecule has 152 valence electrons. The van der Waals surface area contributed by atoms with E-state index in [1.54, 1.807) is 42.5 Å². The van der Waals surface area contributed by atoms with E-state index < -0.39 is 5.97 Å². The van der Waals surface area contributed by atoms with Crippen molar-refractivity contribution in [3.63, 3.8) is 0 Å². The number of hydrogen-bond acceptors (Lipinski definition) is 4. The number of amides is 1. The summed E-state index contributed by atoms with van der Waals surface area (Å²) in [5.74, 6) is -0.416. The van der Waals surface area contributed by atoms with E-state index in [2.05, 4.69) is 10.5 Å². The summed E-state index contributed by atoms with van der Waals surface area (Å²) in [5, 5.41) is 5.93. The van der Waals surface area contributed by atoms with E-state index in [1.165, 1.54) is 6.21 Å². The Morgan fingerprint density at radius 1 is 0.839 bits per heavy atom. The Morgan fingerprint density at radius 3 is 2.39 bits per heavy atom. The van der Waals surface area contributed by atoms with Crippen LogP contribution in [0.25, 0.3) is 10.8 Å². The predicted octanol–water partition coefficient (Wildman–Crippen LogP) is 5.13. The highest BCUT2D eigenvalue weighted by Crippen LogP contribution is 2.27. The van der Waals surface area contributed by atoms with E-state index in [9.17, 15) is 9.59 Å². The number of hydrazone groups is 1. The van der Waals surface area contributed by atoms with Crippen molar-refractivity contribution in [2.45, 2.75) is 6.92 Å². The summed E-state index contributed by atoms with van der Waals surface area (Å²) in [6, 6.07) is 27.4. The van der Waals surface area contributed by atoms with E-state index in [4.69, 9.17) is 4.74 Å². The molecule has 1 N–H and O–H groups in total. The van der Waals surface area contributed by atoms with Gasteiger partial charge in [-0.2, -0.15) is 5.10 Å². The highest BCUT2D eigenvalue weighted by atomic mass is 16.5. The van der Waals surface area contributed by atoms with Gasteiger partial charge in [0.15, 0.2) is 0 Å². The minimum atomic E-state index is -0.457. The number of nitrogens with one attached hydrogen (secondary N) is 1. The van der Waals surface area contributed by atoms with Crippen LogP contribution >= 0.6 is 0 Å². The normalized spacial score (nSPS) is 10.9. The highest BCUT2D eigenvalue weighted by molar-refractivity contribution is 6.04. The van der Waals surface area contributed by atoms with E-state index in [-0.39, 0.29) is 5.91 Å². The fourth-order valence-electron chi connectivity index (χ4n) is 3.24. The number of benzene rings is 4. The molecule has 0 heterocycles. The van der Waals surface area contributed by atoms with E-state index in [0.29, 0.717) is 22.4 Å². The molecule has 0 aliphatic heterocycles. The van der Waals surface area contributed by atoms with Crippen LogP contribution in [0.5, 0.6) is 5.75 Å². The van der Waals surface area contributed by atoms with Gasteiger partial charge in [0, 0.05) is 11.1 Å². The minimum absolute atomic E-state index is 0.324. The molecule has 1 amide bonds. The molecule has 0 unspecified atom stereocenters. The van der Waals surface area contributed by atoms with Crippen molar-refractivity contribution in [3.05, 3.63) is 113 Å². The lowest BCUT2D eigenvalue weighted by molar-refractivity contribution is 0.0734. The van der Waals surface area contributed by atoms with Gasteiger partial charge in [0.2, 0.25) is 0 Å². The van der Waals surface area contributed by atoms with Crippen molar-refractivity contribution in [3.8, 4) is 5.75 Å². The fraction of sp³-hybridized carbons (Fsp3) is 0.0385. The number of rotatable bonds is 5. The molecule has 0 spiro atoms. The number of aryl methyl sites for hydroxylation is 1. The number of carbonyl (C=O) groups is 2. The Kier molecular flexibility index (Phi) is 5.85. The first-order chi connectivity index (χ1) is 15.1. The predicted molar refractivity (Wildman–Crippen MR) is 122 cm³/mol. The molecule has 4 rings (SSSR count). The van der Waals surface area contributed by atoms with Gasteiger partial charge in [-0.3, -0.25) is 4.79 Å². The second kappa shape index (κ2) is 9.05. The first-order valence-electron chi connectivity index (χ1n) is 9.81. The summed E-state index contributed by atoms with van der Waals surface area (Å²) in [6.07, 6.45) is 1.50. The minimum Gasteiger partial charge on any atom is -0.422 e. The van der Waals surface area contributed by atoms with E-state index >= 15 is 0 Å². The van der Waals surface area contributed by atoms with Crippen LogP contribution in [0.4, 0.5) is 0 Å². The summed E-state index contributed by atoms with van der Waals surface area (Å²) >= 11 is 0. The molecule has 0 aliphatic rings. The van der Waals surface area contributed by atoms with Crippen LogP contribution in [0.2, 0.25) is 0 Å². The second-order valence-corrected chi connectivity index (χ2v) is 7.02. The molecule has 0 saturated carbocycles. The van der Waals surface area contributed by atoms with Crippen LogP contribution in [-0.2, 0) is 0 Å². The van der Waals surface area contributed by atoms with Crippen LogP contribution in [-0.4, -0.2) is 18.1 Å². The van der Waals surface area contributed by atoms with Crippen LogP contribution in [0.3, 0.4) is 0 Å². The monoisotopic (exact) mass is 408 g/mol. The fourth-order valence-corrected chi connectivity index (χ4v) is 3.24. The molecule has 5 nitrogen and oxygen atoms in total. The molecular formula is C26H20N2O3. The van der Waals surface area contributed by atoms with Gasteiger partial charge in [-0.15, -0.1) is 0 Å². The zero-order chi connectivity index (χ0) is 21.6. The molecular weight excluding hydrogens is 388 g/mol. The summed E-state index contributed by atoms with van der Waals surface area (Å²) < 4.78 is 5.69. The number of hydrogen-bond donors (Lipinski definition) is 1. The van der Waals surface area contributed by atoms with Crippen molar-refractivity contribution in [2.75, 3.05) is 0 Å². The van der Waals surface area contributed by atoms with Gasteiger partial charge in [-0.25, -0.2) is 10.2 Å². The van der Waals surface area contributed by atoms with Gasteiger partial charge in [-0.1, -0.05) is 66.2 Å². The Balaban J connectivity index is 1.64. The maximum Gasteiger partial charge on any atom is 0.343 e. The van der Waals surface area contributed by atoms with Crippen LogP contribution in [0.1, 0.15) is 31.8 Å². The van der Waals surface area contributed by atoms with Crippen molar-refractivity contribution in [1.29, 1.82) is 0 Å². The Morgan fingerprint density at radius 2 is 1.58 bits per heavy atom. The molecule has 31 heavy (non-hydrogen) atoms. The summed E-state index contributed by atoms with van der Waals surface area (Å²) in [6.45, 7) is 1.92.